The van der Waals surface area contributed by atoms with Crippen molar-refractivity contribution in [1.29, 1.82) is 0 Å². The molecule has 0 saturated heterocycles. The number of hydrogen-bond donors (Lipinski definition) is 1. The van der Waals surface area contributed by atoms with Crippen LogP contribution < -0.4 is 10.5 Å². The van der Waals surface area contributed by atoms with Gasteiger partial charge in [0.1, 0.15) is 0 Å². The summed E-state index contributed by atoms with van der Waals surface area (Å²) < 4.78 is 4.98. The van der Waals surface area contributed by atoms with E-state index in [0.717, 1.165) is 18.4 Å². The Morgan fingerprint density at radius 2 is 2.20 bits per heavy atom. The number of nitrogens with zero attached hydrogens (tertiary/aromatic N) is 1. The fourth-order valence-corrected chi connectivity index (χ4v) is 1.32. The molecular weight excluding hydrogens is 212 g/mol. The highest BCUT2D eigenvalue weighted by molar-refractivity contribution is 5.85. The number of ether oxygens (including phenoxy) is 1. The molecule has 0 aliphatic heterocycles. The molecule has 0 amide bonds. The van der Waals surface area contributed by atoms with Crippen LogP contribution in [0.1, 0.15) is 37.8 Å². The number of halogens is 1. The van der Waals surface area contributed by atoms with Crippen LogP contribution in [0.5, 0.6) is 5.88 Å². The van der Waals surface area contributed by atoms with E-state index < -0.39 is 0 Å². The molecule has 0 fully saturated rings. The van der Waals surface area contributed by atoms with Crippen LogP contribution in [0.4, 0.5) is 0 Å². The first-order chi connectivity index (χ1) is 6.77. The minimum atomic E-state index is 0. The molecule has 0 unspecified atom stereocenters. The molecule has 3 nitrogen and oxygen atoms in total. The van der Waals surface area contributed by atoms with Gasteiger partial charge in [0, 0.05) is 18.3 Å². The van der Waals surface area contributed by atoms with Gasteiger partial charge in [-0.25, -0.2) is 4.98 Å². The minimum Gasteiger partial charge on any atom is -0.481 e. The molecule has 0 aliphatic rings. The van der Waals surface area contributed by atoms with E-state index in [-0.39, 0.29) is 18.4 Å². The van der Waals surface area contributed by atoms with Crippen molar-refractivity contribution in [3.8, 4) is 5.88 Å². The Morgan fingerprint density at radius 1 is 1.47 bits per heavy atom. The van der Waals surface area contributed by atoms with Crippen LogP contribution in [-0.2, 0) is 0 Å². The lowest BCUT2D eigenvalue weighted by atomic mass is 10.0. The second kappa shape index (κ2) is 7.49. The van der Waals surface area contributed by atoms with Gasteiger partial charge in [-0.05, 0) is 12.0 Å². The van der Waals surface area contributed by atoms with Gasteiger partial charge in [-0.15, -0.1) is 12.4 Å². The molecule has 1 rings (SSSR count). The second-order valence-corrected chi connectivity index (χ2v) is 3.38. The summed E-state index contributed by atoms with van der Waals surface area (Å²) in [5.74, 6) is 0.636. The first-order valence-electron chi connectivity index (χ1n) is 5.03. The molecule has 2 N–H and O–H groups in total. The number of hydrogen-bond acceptors (Lipinski definition) is 3. The lowest BCUT2D eigenvalue weighted by molar-refractivity contribution is 0.397. The SMILES string of the molecule is CCCC[C@H](N)c1ccc(OC)nc1.Cl. The van der Waals surface area contributed by atoms with Gasteiger partial charge in [0.15, 0.2) is 0 Å². The maximum atomic E-state index is 5.99. The third-order valence-corrected chi connectivity index (χ3v) is 2.27. The monoisotopic (exact) mass is 230 g/mol. The summed E-state index contributed by atoms with van der Waals surface area (Å²) in [6.45, 7) is 2.17. The van der Waals surface area contributed by atoms with E-state index in [2.05, 4.69) is 11.9 Å². The van der Waals surface area contributed by atoms with Crippen molar-refractivity contribution in [3.05, 3.63) is 23.9 Å². The summed E-state index contributed by atoms with van der Waals surface area (Å²) in [4.78, 5) is 4.12. The predicted molar refractivity (Wildman–Crippen MR) is 64.5 cm³/mol. The van der Waals surface area contributed by atoms with Crippen molar-refractivity contribution in [2.24, 2.45) is 5.73 Å². The molecule has 15 heavy (non-hydrogen) atoms. The fraction of sp³-hybridized carbons (Fsp3) is 0.545. The molecular formula is C11H19ClN2O. The van der Waals surface area contributed by atoms with E-state index in [9.17, 15) is 0 Å². The molecule has 0 saturated carbocycles. The standard InChI is InChI=1S/C11H18N2O.ClH/c1-3-4-5-10(12)9-6-7-11(14-2)13-8-9;/h6-8,10H,3-5,12H2,1-2H3;1H/t10-;/m0./s1. The molecule has 0 radical (unpaired) electrons. The van der Waals surface area contributed by atoms with Crippen LogP contribution in [0.15, 0.2) is 18.3 Å². The van der Waals surface area contributed by atoms with E-state index in [4.69, 9.17) is 10.5 Å². The van der Waals surface area contributed by atoms with E-state index in [0.29, 0.717) is 5.88 Å². The Labute approximate surface area is 97.4 Å². The minimum absolute atomic E-state index is 0. The van der Waals surface area contributed by atoms with Gasteiger partial charge < -0.3 is 10.5 Å². The van der Waals surface area contributed by atoms with Gasteiger partial charge in [-0.2, -0.15) is 0 Å². The van der Waals surface area contributed by atoms with Crippen molar-refractivity contribution in [1.82, 2.24) is 4.98 Å². The summed E-state index contributed by atoms with van der Waals surface area (Å²) in [5, 5.41) is 0. The average molecular weight is 231 g/mol. The Bertz CT molecular complexity index is 264. The summed E-state index contributed by atoms with van der Waals surface area (Å²) in [6.07, 6.45) is 5.15. The molecule has 0 aliphatic carbocycles. The van der Waals surface area contributed by atoms with Crippen LogP contribution in [0.25, 0.3) is 0 Å². The second-order valence-electron chi connectivity index (χ2n) is 3.38. The van der Waals surface area contributed by atoms with Crippen molar-refractivity contribution in [3.63, 3.8) is 0 Å². The molecule has 0 spiro atoms. The topological polar surface area (TPSA) is 48.1 Å². The summed E-state index contributed by atoms with van der Waals surface area (Å²) >= 11 is 0. The lowest BCUT2D eigenvalue weighted by Crippen LogP contribution is -2.10. The van der Waals surface area contributed by atoms with Crippen molar-refractivity contribution < 1.29 is 4.74 Å². The Hall–Kier alpha value is -0.800. The molecule has 1 aromatic heterocycles. The lowest BCUT2D eigenvalue weighted by Gasteiger charge is -2.10. The highest BCUT2D eigenvalue weighted by atomic mass is 35.5. The molecule has 0 bridgehead atoms. The zero-order valence-electron chi connectivity index (χ0n) is 9.27. The van der Waals surface area contributed by atoms with Crippen LogP contribution in [-0.4, -0.2) is 12.1 Å². The van der Waals surface area contributed by atoms with Crippen molar-refractivity contribution >= 4 is 12.4 Å². The van der Waals surface area contributed by atoms with Gasteiger partial charge in [-0.1, -0.05) is 25.8 Å². The number of unbranched alkanes of at least 4 members (excludes halogenated alkanes) is 1. The Balaban J connectivity index is 0.00000196. The Kier molecular flexibility index (Phi) is 7.09. The number of methoxy groups -OCH3 is 1. The normalized spacial score (nSPS) is 11.7. The van der Waals surface area contributed by atoms with Gasteiger partial charge in [-0.3, -0.25) is 0 Å². The first kappa shape index (κ1) is 14.2. The molecule has 1 aromatic rings. The first-order valence-corrected chi connectivity index (χ1v) is 5.03. The summed E-state index contributed by atoms with van der Waals surface area (Å²) in [7, 11) is 1.61. The van der Waals surface area contributed by atoms with Gasteiger partial charge in [0.05, 0.1) is 7.11 Å². The van der Waals surface area contributed by atoms with Crippen molar-refractivity contribution in [2.45, 2.75) is 32.2 Å². The summed E-state index contributed by atoms with van der Waals surface area (Å²) in [5.41, 5.74) is 7.07. The molecule has 4 heteroatoms. The highest BCUT2D eigenvalue weighted by Crippen LogP contribution is 2.17. The van der Waals surface area contributed by atoms with Crippen LogP contribution in [0, 0.1) is 0 Å². The fourth-order valence-electron chi connectivity index (χ4n) is 1.32. The maximum absolute atomic E-state index is 5.99. The average Bonchev–Trinajstić information content (AvgIpc) is 2.26. The van der Waals surface area contributed by atoms with Gasteiger partial charge >= 0.3 is 0 Å². The van der Waals surface area contributed by atoms with E-state index >= 15 is 0 Å². The number of rotatable bonds is 5. The maximum Gasteiger partial charge on any atom is 0.212 e. The smallest absolute Gasteiger partial charge is 0.212 e. The van der Waals surface area contributed by atoms with E-state index in [1.165, 1.54) is 6.42 Å². The third-order valence-electron chi connectivity index (χ3n) is 2.27. The van der Waals surface area contributed by atoms with Gasteiger partial charge in [0.25, 0.3) is 0 Å². The number of aromatic nitrogens is 1. The van der Waals surface area contributed by atoms with E-state index in [1.54, 1.807) is 13.3 Å². The molecule has 1 atom stereocenters. The molecule has 1 heterocycles. The van der Waals surface area contributed by atoms with Crippen LogP contribution >= 0.6 is 12.4 Å². The van der Waals surface area contributed by atoms with E-state index in [1.807, 2.05) is 12.1 Å². The zero-order chi connectivity index (χ0) is 10.4. The number of nitrogens with two attached hydrogens (primary N) is 1. The zero-order valence-corrected chi connectivity index (χ0v) is 10.1. The molecule has 0 aromatic carbocycles. The highest BCUT2D eigenvalue weighted by Gasteiger charge is 2.05. The van der Waals surface area contributed by atoms with Crippen molar-refractivity contribution in [2.75, 3.05) is 7.11 Å². The third kappa shape index (κ3) is 4.49. The van der Waals surface area contributed by atoms with Crippen LogP contribution in [0.2, 0.25) is 0 Å². The quantitative estimate of drug-likeness (QED) is 0.846. The Morgan fingerprint density at radius 3 is 2.67 bits per heavy atom. The predicted octanol–water partition coefficient (Wildman–Crippen LogP) is 2.70. The summed E-state index contributed by atoms with van der Waals surface area (Å²) in [6, 6.07) is 3.93. The molecule has 86 valence electrons. The van der Waals surface area contributed by atoms with Gasteiger partial charge in [0.2, 0.25) is 5.88 Å². The van der Waals surface area contributed by atoms with Crippen LogP contribution in [0.3, 0.4) is 0 Å². The largest absolute Gasteiger partial charge is 0.481 e. The number of pyridine rings is 1.